The smallest absolute Gasteiger partial charge is 0.251 e. The molecule has 1 aliphatic heterocycles. The molecule has 2 aliphatic rings. The van der Waals surface area contributed by atoms with E-state index in [9.17, 15) is 8.78 Å². The minimum Gasteiger partial charge on any atom is -0.317 e. The fourth-order valence-electron chi connectivity index (χ4n) is 2.96. The van der Waals surface area contributed by atoms with Crippen molar-refractivity contribution in [1.82, 2.24) is 20.1 Å². The van der Waals surface area contributed by atoms with Crippen LogP contribution in [-0.4, -0.2) is 39.5 Å². The fraction of sp³-hybridized carbons (Fsp3) is 0.733. The Morgan fingerprint density at radius 3 is 2.73 bits per heavy atom. The van der Waals surface area contributed by atoms with Gasteiger partial charge in [-0.3, -0.25) is 0 Å². The van der Waals surface area contributed by atoms with E-state index in [1.807, 2.05) is 6.08 Å². The molecule has 2 fully saturated rings. The molecule has 1 atom stereocenters. The second-order valence-corrected chi connectivity index (χ2v) is 7.13. The zero-order valence-corrected chi connectivity index (χ0v) is 13.4. The zero-order chi connectivity index (χ0) is 15.6. The zero-order valence-electron chi connectivity index (χ0n) is 12.6. The number of halogens is 2. The second-order valence-electron chi connectivity index (χ2n) is 6.06. The highest BCUT2D eigenvalue weighted by molar-refractivity contribution is 7.99. The van der Waals surface area contributed by atoms with Crippen molar-refractivity contribution in [3.63, 3.8) is 0 Å². The minimum atomic E-state index is -2.42. The number of nitrogens with zero attached hydrogens (tertiary/aromatic N) is 3. The third-order valence-electron chi connectivity index (χ3n) is 4.41. The molecule has 0 spiro atoms. The lowest BCUT2D eigenvalue weighted by atomic mass is 9.97. The quantitative estimate of drug-likeness (QED) is 0.617. The van der Waals surface area contributed by atoms with E-state index >= 15 is 0 Å². The Kier molecular flexibility index (Phi) is 4.82. The predicted molar refractivity (Wildman–Crippen MR) is 83.5 cm³/mol. The third-order valence-corrected chi connectivity index (χ3v) is 5.41. The molecular formula is C15H22F2N4S. The van der Waals surface area contributed by atoms with Crippen LogP contribution in [0.25, 0.3) is 0 Å². The number of nitrogens with one attached hydrogen (secondary N) is 1. The summed E-state index contributed by atoms with van der Waals surface area (Å²) in [7, 11) is 0. The first-order valence-electron chi connectivity index (χ1n) is 7.87. The maximum Gasteiger partial charge on any atom is 0.251 e. The van der Waals surface area contributed by atoms with Crippen LogP contribution in [0.2, 0.25) is 0 Å². The Morgan fingerprint density at radius 2 is 2.09 bits per heavy atom. The van der Waals surface area contributed by atoms with E-state index in [1.165, 1.54) is 11.8 Å². The van der Waals surface area contributed by atoms with Gasteiger partial charge in [0, 0.05) is 30.6 Å². The van der Waals surface area contributed by atoms with Gasteiger partial charge in [0.1, 0.15) is 5.82 Å². The summed E-state index contributed by atoms with van der Waals surface area (Å²) >= 11 is 1.53. The van der Waals surface area contributed by atoms with Gasteiger partial charge in [-0.15, -0.1) is 16.8 Å². The normalized spacial score (nSPS) is 24.4. The number of hydrogen-bond donors (Lipinski definition) is 1. The maximum absolute atomic E-state index is 12.9. The number of thioether (sulfide) groups is 1. The molecule has 0 aromatic carbocycles. The van der Waals surface area contributed by atoms with E-state index in [0.29, 0.717) is 24.6 Å². The molecule has 4 nitrogen and oxygen atoms in total. The van der Waals surface area contributed by atoms with Crippen LogP contribution in [0.15, 0.2) is 17.8 Å². The van der Waals surface area contributed by atoms with Gasteiger partial charge in [0.05, 0.1) is 0 Å². The average molecular weight is 328 g/mol. The third kappa shape index (κ3) is 3.51. The van der Waals surface area contributed by atoms with Crippen molar-refractivity contribution in [3.8, 4) is 0 Å². The molecular weight excluding hydrogens is 306 g/mol. The molecule has 1 N–H and O–H groups in total. The number of alkyl halides is 2. The van der Waals surface area contributed by atoms with Crippen LogP contribution in [0.4, 0.5) is 8.78 Å². The number of rotatable bonds is 7. The number of allylic oxidation sites excluding steroid dienone is 1. The van der Waals surface area contributed by atoms with Gasteiger partial charge >= 0.3 is 0 Å². The van der Waals surface area contributed by atoms with Gasteiger partial charge in [-0.25, -0.2) is 8.78 Å². The van der Waals surface area contributed by atoms with E-state index < -0.39 is 11.8 Å². The number of piperidine rings is 1. The second kappa shape index (κ2) is 6.66. The van der Waals surface area contributed by atoms with Crippen molar-refractivity contribution in [2.45, 2.75) is 49.2 Å². The lowest BCUT2D eigenvalue weighted by Crippen LogP contribution is -2.28. The van der Waals surface area contributed by atoms with Gasteiger partial charge in [0.25, 0.3) is 5.92 Å². The standard InChI is InChI=1S/C15H22F2N4S/c1-2-8-21-13(11-3-6-18-7-4-11)19-20-14(21)22-9-5-12-10-15(12,16)17/h2,11-12,18H,1,3-10H2/t12-/m0/s1. The molecule has 0 amide bonds. The molecule has 3 rings (SSSR count). The Hall–Kier alpha value is -0.950. The van der Waals surface area contributed by atoms with Crippen LogP contribution >= 0.6 is 11.8 Å². The summed E-state index contributed by atoms with van der Waals surface area (Å²) in [4.78, 5) is 0. The Bertz CT molecular complexity index is 526. The molecule has 1 saturated heterocycles. The van der Waals surface area contributed by atoms with Gasteiger partial charge in [0.2, 0.25) is 0 Å². The van der Waals surface area contributed by atoms with Crippen LogP contribution in [-0.2, 0) is 6.54 Å². The lowest BCUT2D eigenvalue weighted by molar-refractivity contribution is 0.0983. The van der Waals surface area contributed by atoms with E-state index in [-0.39, 0.29) is 6.42 Å². The monoisotopic (exact) mass is 328 g/mol. The van der Waals surface area contributed by atoms with E-state index in [1.54, 1.807) is 0 Å². The summed E-state index contributed by atoms with van der Waals surface area (Å²) in [6.07, 6.45) is 4.56. The fourth-order valence-corrected chi connectivity index (χ4v) is 3.97. The van der Waals surface area contributed by atoms with E-state index in [2.05, 4.69) is 26.7 Å². The van der Waals surface area contributed by atoms with Crippen molar-refractivity contribution in [3.05, 3.63) is 18.5 Å². The molecule has 0 unspecified atom stereocenters. The molecule has 1 aromatic rings. The Labute approximate surface area is 133 Å². The molecule has 122 valence electrons. The summed E-state index contributed by atoms with van der Waals surface area (Å²) < 4.78 is 27.9. The first-order chi connectivity index (χ1) is 10.6. The highest BCUT2D eigenvalue weighted by Crippen LogP contribution is 2.51. The summed E-state index contributed by atoms with van der Waals surface area (Å²) in [5.74, 6) is -0.742. The molecule has 0 bridgehead atoms. The van der Waals surface area contributed by atoms with Crippen LogP contribution in [0, 0.1) is 5.92 Å². The summed E-state index contributed by atoms with van der Waals surface area (Å²) in [6.45, 7) is 6.49. The lowest BCUT2D eigenvalue weighted by Gasteiger charge is -2.22. The van der Waals surface area contributed by atoms with Crippen LogP contribution in [0.3, 0.4) is 0 Å². The van der Waals surface area contributed by atoms with Gasteiger partial charge < -0.3 is 9.88 Å². The van der Waals surface area contributed by atoms with Gasteiger partial charge in [0.15, 0.2) is 5.16 Å². The van der Waals surface area contributed by atoms with Crippen molar-refractivity contribution in [1.29, 1.82) is 0 Å². The molecule has 0 radical (unpaired) electrons. The summed E-state index contributed by atoms with van der Waals surface area (Å²) in [6, 6.07) is 0. The first-order valence-corrected chi connectivity index (χ1v) is 8.85. The predicted octanol–water partition coefficient (Wildman–Crippen LogP) is 3.07. The van der Waals surface area contributed by atoms with Crippen molar-refractivity contribution in [2.75, 3.05) is 18.8 Å². The summed E-state index contributed by atoms with van der Waals surface area (Å²) in [5, 5.41) is 12.8. The summed E-state index contributed by atoms with van der Waals surface area (Å²) in [5.41, 5.74) is 0. The minimum absolute atomic E-state index is 0.0488. The highest BCUT2D eigenvalue weighted by Gasteiger charge is 2.55. The van der Waals surface area contributed by atoms with Gasteiger partial charge in [-0.2, -0.15) is 0 Å². The molecule has 1 saturated carbocycles. The van der Waals surface area contributed by atoms with Gasteiger partial charge in [-0.05, 0) is 32.4 Å². The molecule has 2 heterocycles. The van der Waals surface area contributed by atoms with Crippen molar-refractivity contribution < 1.29 is 8.78 Å². The molecule has 1 aromatic heterocycles. The molecule has 1 aliphatic carbocycles. The highest BCUT2D eigenvalue weighted by atomic mass is 32.2. The van der Waals surface area contributed by atoms with Crippen molar-refractivity contribution in [2.24, 2.45) is 5.92 Å². The number of hydrogen-bond acceptors (Lipinski definition) is 4. The molecule has 7 heteroatoms. The van der Waals surface area contributed by atoms with Crippen LogP contribution < -0.4 is 5.32 Å². The van der Waals surface area contributed by atoms with E-state index in [4.69, 9.17) is 0 Å². The van der Waals surface area contributed by atoms with Crippen molar-refractivity contribution >= 4 is 11.8 Å². The maximum atomic E-state index is 12.9. The largest absolute Gasteiger partial charge is 0.317 e. The Morgan fingerprint density at radius 1 is 1.36 bits per heavy atom. The molecule has 22 heavy (non-hydrogen) atoms. The Balaban J connectivity index is 1.62. The van der Waals surface area contributed by atoms with Gasteiger partial charge in [-0.1, -0.05) is 17.8 Å². The average Bonchev–Trinajstić information content (AvgIpc) is 2.93. The topological polar surface area (TPSA) is 42.7 Å². The first kappa shape index (κ1) is 15.9. The SMILES string of the molecule is C=CCn1c(SCC[C@H]2CC2(F)F)nnc1C1CCNCC1. The van der Waals surface area contributed by atoms with Crippen LogP contribution in [0.1, 0.15) is 37.4 Å². The van der Waals surface area contributed by atoms with Crippen LogP contribution in [0.5, 0.6) is 0 Å². The van der Waals surface area contributed by atoms with E-state index in [0.717, 1.165) is 36.9 Å². The number of aromatic nitrogens is 3.